The Morgan fingerprint density at radius 3 is 2.75 bits per heavy atom. The van der Waals surface area contributed by atoms with E-state index in [1.165, 1.54) is 0 Å². The van der Waals surface area contributed by atoms with Crippen molar-refractivity contribution in [2.24, 2.45) is 5.73 Å². The number of amides is 2. The summed E-state index contributed by atoms with van der Waals surface area (Å²) in [7, 11) is 1.76. The van der Waals surface area contributed by atoms with E-state index in [0.717, 1.165) is 5.56 Å². The van der Waals surface area contributed by atoms with Gasteiger partial charge in [-0.3, -0.25) is 9.59 Å². The molecule has 20 heavy (non-hydrogen) atoms. The Morgan fingerprint density at radius 2 is 2.15 bits per heavy atom. The number of likely N-dealkylation sites (tertiary alicyclic amines) is 1. The molecular formula is C15H21N3O2. The quantitative estimate of drug-likeness (QED) is 0.838. The van der Waals surface area contributed by atoms with Gasteiger partial charge in [0.1, 0.15) is 0 Å². The van der Waals surface area contributed by atoms with Crippen molar-refractivity contribution >= 4 is 11.8 Å². The number of piperidine rings is 1. The highest BCUT2D eigenvalue weighted by Gasteiger charge is 2.27. The third-order valence-corrected chi connectivity index (χ3v) is 3.73. The van der Waals surface area contributed by atoms with E-state index in [1.54, 1.807) is 11.9 Å². The minimum Gasteiger partial charge on any atom is -0.351 e. The Bertz CT molecular complexity index is 475. The molecule has 0 radical (unpaired) electrons. The van der Waals surface area contributed by atoms with E-state index in [4.69, 9.17) is 5.73 Å². The number of hydrogen-bond donors (Lipinski definition) is 2. The fourth-order valence-electron chi connectivity index (χ4n) is 2.51. The van der Waals surface area contributed by atoms with Crippen molar-refractivity contribution in [3.05, 3.63) is 35.9 Å². The van der Waals surface area contributed by atoms with Crippen molar-refractivity contribution < 1.29 is 9.59 Å². The predicted molar refractivity (Wildman–Crippen MR) is 77.0 cm³/mol. The topological polar surface area (TPSA) is 75.4 Å². The third-order valence-electron chi connectivity index (χ3n) is 3.73. The van der Waals surface area contributed by atoms with E-state index < -0.39 is 0 Å². The van der Waals surface area contributed by atoms with Gasteiger partial charge in [0.15, 0.2) is 0 Å². The minimum absolute atomic E-state index is 0.0166. The monoisotopic (exact) mass is 275 g/mol. The van der Waals surface area contributed by atoms with Crippen LogP contribution in [0.1, 0.15) is 24.3 Å². The van der Waals surface area contributed by atoms with Gasteiger partial charge in [0.25, 0.3) is 0 Å². The number of nitrogens with one attached hydrogen (secondary N) is 1. The number of likely N-dealkylation sites (N-methyl/N-ethyl adjacent to an activating group) is 1. The normalized spacial score (nSPS) is 20.6. The highest BCUT2D eigenvalue weighted by Crippen LogP contribution is 2.16. The summed E-state index contributed by atoms with van der Waals surface area (Å²) in [5, 5.41) is 3.01. The fourth-order valence-corrected chi connectivity index (χ4v) is 2.51. The first-order valence-electron chi connectivity index (χ1n) is 6.91. The van der Waals surface area contributed by atoms with Gasteiger partial charge in [-0.1, -0.05) is 30.3 Å². The summed E-state index contributed by atoms with van der Waals surface area (Å²) in [6.07, 6.45) is 1.18. The molecule has 2 unspecified atom stereocenters. The lowest BCUT2D eigenvalue weighted by Gasteiger charge is -2.31. The number of rotatable bonds is 4. The van der Waals surface area contributed by atoms with Crippen LogP contribution < -0.4 is 11.1 Å². The Balaban J connectivity index is 1.98. The van der Waals surface area contributed by atoms with Crippen LogP contribution in [0.4, 0.5) is 0 Å². The molecule has 0 spiro atoms. The van der Waals surface area contributed by atoms with Crippen molar-refractivity contribution in [1.82, 2.24) is 10.2 Å². The molecule has 1 saturated heterocycles. The van der Waals surface area contributed by atoms with Crippen LogP contribution in [-0.2, 0) is 9.59 Å². The van der Waals surface area contributed by atoms with Crippen molar-refractivity contribution in [3.8, 4) is 0 Å². The second kappa shape index (κ2) is 6.52. The van der Waals surface area contributed by atoms with Crippen molar-refractivity contribution in [2.75, 3.05) is 20.1 Å². The lowest BCUT2D eigenvalue weighted by molar-refractivity contribution is -0.134. The predicted octanol–water partition coefficient (Wildman–Crippen LogP) is 0.466. The van der Waals surface area contributed by atoms with Crippen LogP contribution in [0.25, 0.3) is 0 Å². The zero-order chi connectivity index (χ0) is 14.5. The number of nitrogens with two attached hydrogens (primary N) is 1. The van der Waals surface area contributed by atoms with Crippen molar-refractivity contribution in [2.45, 2.75) is 24.8 Å². The molecule has 1 aliphatic rings. The summed E-state index contributed by atoms with van der Waals surface area (Å²) >= 11 is 0. The lowest BCUT2D eigenvalue weighted by Crippen LogP contribution is -2.50. The first kappa shape index (κ1) is 14.5. The Labute approximate surface area is 119 Å². The molecule has 5 heteroatoms. The smallest absolute Gasteiger partial charge is 0.229 e. The van der Waals surface area contributed by atoms with Gasteiger partial charge in [-0.25, -0.2) is 0 Å². The molecule has 1 fully saturated rings. The number of carbonyl (C=O) groups is 2. The van der Waals surface area contributed by atoms with Crippen LogP contribution in [0.3, 0.4) is 0 Å². The summed E-state index contributed by atoms with van der Waals surface area (Å²) in [6, 6.07) is 9.55. The van der Waals surface area contributed by atoms with Crippen LogP contribution in [0.5, 0.6) is 0 Å². The molecule has 0 saturated carbocycles. The summed E-state index contributed by atoms with van der Waals surface area (Å²) in [6.45, 7) is 0.841. The van der Waals surface area contributed by atoms with Crippen LogP contribution in [-0.4, -0.2) is 42.9 Å². The molecule has 1 heterocycles. The molecule has 108 valence electrons. The summed E-state index contributed by atoms with van der Waals surface area (Å²) in [4.78, 5) is 25.4. The maximum atomic E-state index is 12.3. The molecule has 2 atom stereocenters. The average molecular weight is 275 g/mol. The van der Waals surface area contributed by atoms with Gasteiger partial charge in [0, 0.05) is 32.6 Å². The number of carbonyl (C=O) groups excluding carboxylic acids is 2. The second-order valence-electron chi connectivity index (χ2n) is 5.22. The van der Waals surface area contributed by atoms with Gasteiger partial charge in [0.2, 0.25) is 11.8 Å². The average Bonchev–Trinajstić information content (AvgIpc) is 2.45. The number of nitrogens with zero attached hydrogens (tertiary/aromatic N) is 1. The maximum absolute atomic E-state index is 12.3. The molecule has 0 bridgehead atoms. The van der Waals surface area contributed by atoms with Gasteiger partial charge in [-0.15, -0.1) is 0 Å². The number of benzene rings is 1. The fraction of sp³-hybridized carbons (Fsp3) is 0.467. The summed E-state index contributed by atoms with van der Waals surface area (Å²) in [5.74, 6) is -0.264. The van der Waals surface area contributed by atoms with E-state index in [2.05, 4.69) is 5.32 Å². The van der Waals surface area contributed by atoms with Crippen LogP contribution in [0, 0.1) is 0 Å². The van der Waals surface area contributed by atoms with Gasteiger partial charge >= 0.3 is 0 Å². The van der Waals surface area contributed by atoms with E-state index in [9.17, 15) is 9.59 Å². The van der Waals surface area contributed by atoms with E-state index in [0.29, 0.717) is 19.4 Å². The molecule has 1 aromatic carbocycles. The maximum Gasteiger partial charge on any atom is 0.229 e. The molecular weight excluding hydrogens is 254 g/mol. The van der Waals surface area contributed by atoms with Crippen LogP contribution >= 0.6 is 0 Å². The first-order valence-corrected chi connectivity index (χ1v) is 6.91. The van der Waals surface area contributed by atoms with Gasteiger partial charge in [-0.2, -0.15) is 0 Å². The lowest BCUT2D eigenvalue weighted by atomic mass is 9.97. The molecule has 1 aromatic rings. The van der Waals surface area contributed by atoms with Crippen molar-refractivity contribution in [3.63, 3.8) is 0 Å². The largest absolute Gasteiger partial charge is 0.351 e. The first-order chi connectivity index (χ1) is 9.61. The second-order valence-corrected chi connectivity index (χ2v) is 5.22. The van der Waals surface area contributed by atoms with Gasteiger partial charge < -0.3 is 16.0 Å². The van der Waals surface area contributed by atoms with Gasteiger partial charge in [0.05, 0.1) is 5.92 Å². The summed E-state index contributed by atoms with van der Waals surface area (Å²) in [5.41, 5.74) is 6.66. The minimum atomic E-state index is -0.334. The van der Waals surface area contributed by atoms with Crippen molar-refractivity contribution in [1.29, 1.82) is 0 Å². The zero-order valence-corrected chi connectivity index (χ0v) is 11.7. The molecule has 0 aromatic heterocycles. The highest BCUT2D eigenvalue weighted by atomic mass is 16.2. The number of hydrogen-bond acceptors (Lipinski definition) is 3. The molecule has 1 aliphatic heterocycles. The van der Waals surface area contributed by atoms with Gasteiger partial charge in [-0.05, 0) is 12.0 Å². The zero-order valence-electron chi connectivity index (χ0n) is 11.7. The van der Waals surface area contributed by atoms with Crippen LogP contribution in [0.2, 0.25) is 0 Å². The Hall–Kier alpha value is -1.88. The standard InChI is InChI=1S/C15H21N3O2/c1-18-10-12(7-8-14(18)19)17-15(20)13(9-16)11-5-3-2-4-6-11/h2-6,12-13H,7-10,16H2,1H3,(H,17,20). The molecule has 5 nitrogen and oxygen atoms in total. The summed E-state index contributed by atoms with van der Waals surface area (Å²) < 4.78 is 0. The Morgan fingerprint density at radius 1 is 1.45 bits per heavy atom. The van der Waals surface area contributed by atoms with Crippen LogP contribution in [0.15, 0.2) is 30.3 Å². The van der Waals surface area contributed by atoms with E-state index in [-0.39, 0.29) is 30.3 Å². The highest BCUT2D eigenvalue weighted by molar-refractivity contribution is 5.84. The SMILES string of the molecule is CN1CC(NC(=O)C(CN)c2ccccc2)CCC1=O. The molecule has 3 N–H and O–H groups in total. The molecule has 2 rings (SSSR count). The van der Waals surface area contributed by atoms with E-state index in [1.807, 2.05) is 30.3 Å². The molecule has 0 aliphatic carbocycles. The third kappa shape index (κ3) is 3.36. The molecule has 2 amide bonds. The van der Waals surface area contributed by atoms with E-state index >= 15 is 0 Å². The Kier molecular flexibility index (Phi) is 4.74.